The minimum Gasteiger partial charge on any atom is -0.495 e. The molecule has 0 spiro atoms. The van der Waals surface area contributed by atoms with Gasteiger partial charge in [-0.3, -0.25) is 14.5 Å². The minimum atomic E-state index is -0.170. The number of hydrogen-bond donors (Lipinski definition) is 0. The van der Waals surface area contributed by atoms with Gasteiger partial charge in [-0.05, 0) is 42.9 Å². The van der Waals surface area contributed by atoms with Crippen molar-refractivity contribution in [3.63, 3.8) is 0 Å². The van der Waals surface area contributed by atoms with Gasteiger partial charge in [0.25, 0.3) is 0 Å². The smallest absolute Gasteiger partial charge is 0.242 e. The summed E-state index contributed by atoms with van der Waals surface area (Å²) in [5, 5.41) is 0. The molecule has 0 aliphatic carbocycles. The van der Waals surface area contributed by atoms with E-state index in [4.69, 9.17) is 4.74 Å². The summed E-state index contributed by atoms with van der Waals surface area (Å²) in [6.45, 7) is 3.01. The van der Waals surface area contributed by atoms with Gasteiger partial charge in [-0.25, -0.2) is 0 Å². The van der Waals surface area contributed by atoms with Crippen molar-refractivity contribution in [2.24, 2.45) is 5.92 Å². The molecule has 1 heterocycles. The number of nitrogens with zero attached hydrogens (tertiary/aromatic N) is 2. The molecule has 0 saturated carbocycles. The molecule has 0 N–H and O–H groups in total. The van der Waals surface area contributed by atoms with Crippen LogP contribution in [0.1, 0.15) is 25.3 Å². The van der Waals surface area contributed by atoms with Crippen molar-refractivity contribution in [2.75, 3.05) is 31.6 Å². The van der Waals surface area contributed by atoms with Crippen molar-refractivity contribution in [1.82, 2.24) is 4.90 Å². The number of anilines is 1. The highest BCUT2D eigenvalue weighted by Gasteiger charge is 2.26. The van der Waals surface area contributed by atoms with Gasteiger partial charge in [0.1, 0.15) is 12.3 Å². The van der Waals surface area contributed by atoms with E-state index in [0.29, 0.717) is 17.4 Å². The maximum absolute atomic E-state index is 12.8. The van der Waals surface area contributed by atoms with Gasteiger partial charge in [-0.15, -0.1) is 0 Å². The first kappa shape index (κ1) is 19.9. The van der Waals surface area contributed by atoms with Crippen molar-refractivity contribution >= 4 is 17.5 Å². The Kier molecular flexibility index (Phi) is 6.69. The highest BCUT2D eigenvalue weighted by molar-refractivity contribution is 5.98. The average molecular weight is 380 g/mol. The van der Waals surface area contributed by atoms with E-state index in [1.165, 1.54) is 17.4 Å². The third-order valence-corrected chi connectivity index (χ3v) is 5.38. The molecule has 5 nitrogen and oxygen atoms in total. The molecule has 0 unspecified atom stereocenters. The summed E-state index contributed by atoms with van der Waals surface area (Å²) in [7, 11) is 1.57. The number of benzene rings is 2. The second kappa shape index (κ2) is 9.40. The van der Waals surface area contributed by atoms with Crippen LogP contribution < -0.4 is 9.64 Å². The number of methoxy groups -OCH3 is 1. The lowest BCUT2D eigenvalue weighted by molar-refractivity contribution is -0.132. The van der Waals surface area contributed by atoms with Gasteiger partial charge in [0.2, 0.25) is 11.8 Å². The molecule has 2 amide bonds. The minimum absolute atomic E-state index is 0.0146. The molecule has 0 aromatic heterocycles. The van der Waals surface area contributed by atoms with Crippen LogP contribution in [0.5, 0.6) is 5.75 Å². The second-order valence-electron chi connectivity index (χ2n) is 7.29. The van der Waals surface area contributed by atoms with Crippen molar-refractivity contribution < 1.29 is 14.3 Å². The lowest BCUT2D eigenvalue weighted by Gasteiger charge is -2.33. The van der Waals surface area contributed by atoms with E-state index >= 15 is 0 Å². The fourth-order valence-corrected chi connectivity index (χ4v) is 3.79. The standard InChI is InChI=1S/C23H28N2O3/c1-18(26)25(21-10-6-7-11-22(21)28-2)17-23(27)24-14-12-20(13-15-24)16-19-8-4-3-5-9-19/h3-11,20H,12-17H2,1-2H3. The molecule has 2 aromatic carbocycles. The lowest BCUT2D eigenvalue weighted by atomic mass is 9.90. The van der Waals surface area contributed by atoms with E-state index in [-0.39, 0.29) is 18.4 Å². The second-order valence-corrected chi connectivity index (χ2v) is 7.29. The highest BCUT2D eigenvalue weighted by Crippen LogP contribution is 2.28. The number of ether oxygens (including phenoxy) is 1. The van der Waals surface area contributed by atoms with Crippen molar-refractivity contribution in [2.45, 2.75) is 26.2 Å². The quantitative estimate of drug-likeness (QED) is 0.770. The SMILES string of the molecule is COc1ccccc1N(CC(=O)N1CCC(Cc2ccccc2)CC1)C(C)=O. The van der Waals surface area contributed by atoms with Crippen LogP contribution in [0.2, 0.25) is 0 Å². The molecular formula is C23H28N2O3. The summed E-state index contributed by atoms with van der Waals surface area (Å²) in [6, 6.07) is 17.8. The predicted octanol–water partition coefficient (Wildman–Crippen LogP) is 3.53. The third kappa shape index (κ3) is 4.91. The molecule has 1 fully saturated rings. The maximum Gasteiger partial charge on any atom is 0.242 e. The summed E-state index contributed by atoms with van der Waals surface area (Å²) in [6.07, 6.45) is 3.05. The van der Waals surface area contributed by atoms with E-state index in [0.717, 1.165) is 32.4 Å². The summed E-state index contributed by atoms with van der Waals surface area (Å²) >= 11 is 0. The summed E-state index contributed by atoms with van der Waals surface area (Å²) < 4.78 is 5.36. The number of hydrogen-bond acceptors (Lipinski definition) is 3. The first-order chi connectivity index (χ1) is 13.6. The molecule has 1 saturated heterocycles. The fourth-order valence-electron chi connectivity index (χ4n) is 3.79. The number of amides is 2. The zero-order chi connectivity index (χ0) is 19.9. The molecule has 2 aromatic rings. The Morgan fingerprint density at radius 2 is 1.68 bits per heavy atom. The number of piperidine rings is 1. The van der Waals surface area contributed by atoms with E-state index < -0.39 is 0 Å². The largest absolute Gasteiger partial charge is 0.495 e. The molecule has 5 heteroatoms. The number of rotatable bonds is 6. The molecule has 0 atom stereocenters. The van der Waals surface area contributed by atoms with Gasteiger partial charge < -0.3 is 9.64 Å². The number of carbonyl (C=O) groups is 2. The van der Waals surface area contributed by atoms with Gasteiger partial charge >= 0.3 is 0 Å². The van der Waals surface area contributed by atoms with Gasteiger partial charge in [0, 0.05) is 20.0 Å². The average Bonchev–Trinajstić information content (AvgIpc) is 2.73. The Morgan fingerprint density at radius 1 is 1.04 bits per heavy atom. The van der Waals surface area contributed by atoms with Crippen molar-refractivity contribution in [3.05, 3.63) is 60.2 Å². The van der Waals surface area contributed by atoms with E-state index in [1.807, 2.05) is 23.1 Å². The Labute approximate surface area is 166 Å². The topological polar surface area (TPSA) is 49.9 Å². The Bertz CT molecular complexity index is 799. The molecule has 148 valence electrons. The lowest BCUT2D eigenvalue weighted by Crippen LogP contribution is -2.45. The van der Waals surface area contributed by atoms with Crippen LogP contribution >= 0.6 is 0 Å². The zero-order valence-corrected chi connectivity index (χ0v) is 16.6. The molecular weight excluding hydrogens is 352 g/mol. The van der Waals surface area contributed by atoms with Crippen LogP contribution in [0.3, 0.4) is 0 Å². The summed E-state index contributed by atoms with van der Waals surface area (Å²) in [5.74, 6) is 1.01. The zero-order valence-electron chi connectivity index (χ0n) is 16.6. The molecule has 3 rings (SSSR count). The van der Waals surface area contributed by atoms with Crippen molar-refractivity contribution in [1.29, 1.82) is 0 Å². The summed E-state index contributed by atoms with van der Waals surface area (Å²) in [4.78, 5) is 28.4. The third-order valence-electron chi connectivity index (χ3n) is 5.38. The molecule has 1 aliphatic rings. The number of carbonyl (C=O) groups excluding carboxylic acids is 2. The summed E-state index contributed by atoms with van der Waals surface area (Å²) in [5.41, 5.74) is 1.98. The van der Waals surface area contributed by atoms with Gasteiger partial charge in [-0.1, -0.05) is 42.5 Å². The van der Waals surface area contributed by atoms with Crippen molar-refractivity contribution in [3.8, 4) is 5.75 Å². The first-order valence-corrected chi connectivity index (χ1v) is 9.81. The predicted molar refractivity (Wildman–Crippen MR) is 110 cm³/mol. The number of likely N-dealkylation sites (tertiary alicyclic amines) is 1. The normalized spacial score (nSPS) is 14.6. The van der Waals surface area contributed by atoms with Crippen LogP contribution in [0, 0.1) is 5.92 Å². The van der Waals surface area contributed by atoms with E-state index in [1.54, 1.807) is 19.2 Å². The highest BCUT2D eigenvalue weighted by atomic mass is 16.5. The first-order valence-electron chi connectivity index (χ1n) is 9.81. The van der Waals surface area contributed by atoms with E-state index in [2.05, 4.69) is 24.3 Å². The van der Waals surface area contributed by atoms with Crippen LogP contribution in [0.4, 0.5) is 5.69 Å². The van der Waals surface area contributed by atoms with Crippen LogP contribution in [0.25, 0.3) is 0 Å². The Balaban J connectivity index is 1.59. The monoisotopic (exact) mass is 380 g/mol. The molecule has 0 bridgehead atoms. The Morgan fingerprint density at radius 3 is 2.32 bits per heavy atom. The molecule has 28 heavy (non-hydrogen) atoms. The van der Waals surface area contributed by atoms with Gasteiger partial charge in [0.05, 0.1) is 12.8 Å². The van der Waals surface area contributed by atoms with Gasteiger partial charge in [-0.2, -0.15) is 0 Å². The fraction of sp³-hybridized carbons (Fsp3) is 0.391. The number of para-hydroxylation sites is 2. The van der Waals surface area contributed by atoms with Gasteiger partial charge in [0.15, 0.2) is 0 Å². The van der Waals surface area contributed by atoms with E-state index in [9.17, 15) is 9.59 Å². The van der Waals surface area contributed by atoms with Crippen LogP contribution in [-0.4, -0.2) is 43.5 Å². The Hall–Kier alpha value is -2.82. The molecule has 1 aliphatic heterocycles. The van der Waals surface area contributed by atoms with Crippen LogP contribution in [-0.2, 0) is 16.0 Å². The molecule has 0 radical (unpaired) electrons. The maximum atomic E-state index is 12.8. The van der Waals surface area contributed by atoms with Crippen LogP contribution in [0.15, 0.2) is 54.6 Å².